The van der Waals surface area contributed by atoms with Crippen LogP contribution < -0.4 is 14.9 Å². The van der Waals surface area contributed by atoms with Crippen LogP contribution in [0.25, 0.3) is 16.9 Å². The fraction of sp³-hybridized carbons (Fsp3) is 0.167. The minimum absolute atomic E-state index is 0.221. The van der Waals surface area contributed by atoms with E-state index >= 15 is 0 Å². The van der Waals surface area contributed by atoms with Crippen LogP contribution in [0, 0.1) is 6.92 Å². The van der Waals surface area contributed by atoms with Crippen LogP contribution >= 0.6 is 11.6 Å². The molecule has 8 nitrogen and oxygen atoms in total. The fourth-order valence-electron chi connectivity index (χ4n) is 3.96. The van der Waals surface area contributed by atoms with E-state index in [1.165, 1.54) is 13.3 Å². The highest BCUT2D eigenvalue weighted by atomic mass is 35.5. The van der Waals surface area contributed by atoms with Gasteiger partial charge in [-0.3, -0.25) is 4.79 Å². The first-order valence-electron chi connectivity index (χ1n) is 12.2. The first-order valence-corrected chi connectivity index (χ1v) is 12.6. The van der Waals surface area contributed by atoms with Crippen LogP contribution in [0.15, 0.2) is 84.0 Å². The molecule has 0 aliphatic rings. The van der Waals surface area contributed by atoms with Gasteiger partial charge in [0.15, 0.2) is 18.1 Å². The molecule has 1 aromatic heterocycles. The zero-order valence-corrected chi connectivity index (χ0v) is 22.6. The summed E-state index contributed by atoms with van der Waals surface area (Å²) in [5, 5.41) is 4.28. The normalized spacial score (nSPS) is 10.9. The van der Waals surface area contributed by atoms with Gasteiger partial charge in [-0.15, -0.1) is 0 Å². The van der Waals surface area contributed by atoms with Gasteiger partial charge in [0.25, 0.3) is 5.91 Å². The average molecular weight is 546 g/mol. The summed E-state index contributed by atoms with van der Waals surface area (Å²) >= 11 is 6.34. The second-order valence-electron chi connectivity index (χ2n) is 8.44. The molecule has 200 valence electrons. The van der Waals surface area contributed by atoms with Crippen molar-refractivity contribution in [2.45, 2.75) is 13.8 Å². The third-order valence-corrected chi connectivity index (χ3v) is 6.09. The van der Waals surface area contributed by atoms with Gasteiger partial charge in [-0.2, -0.15) is 5.10 Å². The summed E-state index contributed by atoms with van der Waals surface area (Å²) in [5.41, 5.74) is 7.77. The van der Waals surface area contributed by atoms with Gasteiger partial charge < -0.3 is 18.8 Å². The highest BCUT2D eigenvalue weighted by Crippen LogP contribution is 2.36. The molecule has 0 radical (unpaired) electrons. The number of hydrogen-bond acceptors (Lipinski definition) is 6. The highest BCUT2D eigenvalue weighted by Gasteiger charge is 2.15. The maximum Gasteiger partial charge on any atom is 0.343 e. The third kappa shape index (κ3) is 6.66. The quantitative estimate of drug-likeness (QED) is 0.154. The van der Waals surface area contributed by atoms with Crippen molar-refractivity contribution < 1.29 is 23.8 Å². The van der Waals surface area contributed by atoms with E-state index in [2.05, 4.69) is 44.1 Å². The Hall–Kier alpha value is -4.56. The number of aryl methyl sites for hydroxylation is 1. The Labute approximate surface area is 231 Å². The van der Waals surface area contributed by atoms with E-state index in [1.54, 1.807) is 24.3 Å². The number of amides is 1. The Morgan fingerprint density at radius 2 is 1.74 bits per heavy atom. The van der Waals surface area contributed by atoms with E-state index in [4.69, 9.17) is 21.1 Å². The Morgan fingerprint density at radius 1 is 1.00 bits per heavy atom. The van der Waals surface area contributed by atoms with Crippen LogP contribution in [0.2, 0.25) is 5.02 Å². The summed E-state index contributed by atoms with van der Waals surface area (Å²) in [6.07, 6.45) is 1.44. The zero-order valence-electron chi connectivity index (χ0n) is 21.8. The van der Waals surface area contributed by atoms with Crippen LogP contribution in [-0.4, -0.2) is 43.0 Å². The van der Waals surface area contributed by atoms with Gasteiger partial charge in [0.05, 0.1) is 30.6 Å². The zero-order chi connectivity index (χ0) is 27.8. The monoisotopic (exact) mass is 545 g/mol. The highest BCUT2D eigenvalue weighted by molar-refractivity contribution is 6.32. The molecule has 3 aromatic carbocycles. The molecule has 1 N–H and O–H groups in total. The third-order valence-electron chi connectivity index (χ3n) is 5.81. The van der Waals surface area contributed by atoms with Crippen molar-refractivity contribution in [1.82, 2.24) is 9.99 Å². The summed E-state index contributed by atoms with van der Waals surface area (Å²) in [6, 6.07) is 24.8. The number of hydrogen-bond donors (Lipinski definition) is 1. The predicted octanol–water partition coefficient (Wildman–Crippen LogP) is 5.82. The molecule has 0 aliphatic heterocycles. The minimum atomic E-state index is -0.546. The number of benzene rings is 3. The summed E-state index contributed by atoms with van der Waals surface area (Å²) in [6.45, 7) is 3.90. The minimum Gasteiger partial charge on any atom is -0.490 e. The summed E-state index contributed by atoms with van der Waals surface area (Å²) in [5.74, 6) is -0.347. The molecule has 0 fully saturated rings. The standard InChI is InChI=1S/C30H28ClN3O5/c1-4-38-27-17-21(16-25(31)29(27)39-19-28(35)37-3)18-32-33-30(36)23-11-13-24(14-12-23)34-20(2)10-15-26(34)22-8-6-5-7-9-22/h5-18H,4,19H2,1-3H3,(H,33,36)/b32-18+. The molecule has 0 bridgehead atoms. The van der Waals surface area contributed by atoms with Crippen LogP contribution in [0.1, 0.15) is 28.5 Å². The SMILES string of the molecule is CCOc1cc(/C=N/NC(=O)c2ccc(-n3c(C)ccc3-c3ccccc3)cc2)cc(Cl)c1OCC(=O)OC. The van der Waals surface area contributed by atoms with Gasteiger partial charge in [0.1, 0.15) is 0 Å². The van der Waals surface area contributed by atoms with Gasteiger partial charge in [0.2, 0.25) is 0 Å². The van der Waals surface area contributed by atoms with Crippen molar-refractivity contribution in [3.8, 4) is 28.4 Å². The molecule has 0 unspecified atom stereocenters. The number of halogens is 1. The predicted molar refractivity (Wildman–Crippen MR) is 151 cm³/mol. The van der Waals surface area contributed by atoms with Crippen molar-refractivity contribution in [2.24, 2.45) is 5.10 Å². The van der Waals surface area contributed by atoms with Gasteiger partial charge in [-0.1, -0.05) is 41.9 Å². The second-order valence-corrected chi connectivity index (χ2v) is 8.84. The van der Waals surface area contributed by atoms with Crippen molar-refractivity contribution >= 4 is 29.7 Å². The number of carbonyl (C=O) groups excluding carboxylic acids is 2. The fourth-order valence-corrected chi connectivity index (χ4v) is 4.24. The molecule has 4 rings (SSSR count). The molecule has 0 saturated carbocycles. The molecule has 0 aliphatic carbocycles. The number of carbonyl (C=O) groups is 2. The first-order chi connectivity index (χ1) is 18.9. The molecule has 4 aromatic rings. The smallest absolute Gasteiger partial charge is 0.343 e. The van der Waals surface area contributed by atoms with Gasteiger partial charge >= 0.3 is 5.97 Å². The first kappa shape index (κ1) is 27.5. The summed E-state index contributed by atoms with van der Waals surface area (Å²) < 4.78 is 17.8. The van der Waals surface area contributed by atoms with Crippen molar-refractivity contribution in [3.05, 3.63) is 101 Å². The molecule has 39 heavy (non-hydrogen) atoms. The molecule has 1 heterocycles. The number of esters is 1. The molecular weight excluding hydrogens is 518 g/mol. The molecule has 9 heteroatoms. The van der Waals surface area contributed by atoms with E-state index in [9.17, 15) is 9.59 Å². The Kier molecular flexibility index (Phi) is 9.01. The summed E-state index contributed by atoms with van der Waals surface area (Å²) in [7, 11) is 1.27. The molecule has 1 amide bonds. The lowest BCUT2D eigenvalue weighted by Crippen LogP contribution is -2.17. The lowest BCUT2D eigenvalue weighted by atomic mass is 10.1. The molecule has 0 saturated heterocycles. The van der Waals surface area contributed by atoms with Gasteiger partial charge in [0, 0.05) is 16.9 Å². The number of ether oxygens (including phenoxy) is 3. The maximum absolute atomic E-state index is 12.7. The van der Waals surface area contributed by atoms with E-state index < -0.39 is 5.97 Å². The largest absolute Gasteiger partial charge is 0.490 e. The molecule has 0 spiro atoms. The maximum atomic E-state index is 12.7. The average Bonchev–Trinajstić information content (AvgIpc) is 3.34. The van der Waals surface area contributed by atoms with Crippen molar-refractivity contribution in [3.63, 3.8) is 0 Å². The molecular formula is C30H28ClN3O5. The van der Waals surface area contributed by atoms with Gasteiger partial charge in [-0.25, -0.2) is 10.2 Å². The van der Waals surface area contributed by atoms with Crippen molar-refractivity contribution in [1.29, 1.82) is 0 Å². The van der Waals surface area contributed by atoms with E-state index in [0.717, 1.165) is 22.6 Å². The molecule has 0 atom stereocenters. The summed E-state index contributed by atoms with van der Waals surface area (Å²) in [4.78, 5) is 24.1. The number of nitrogens with one attached hydrogen (secondary N) is 1. The van der Waals surface area contributed by atoms with Crippen molar-refractivity contribution in [2.75, 3.05) is 20.3 Å². The Balaban J connectivity index is 1.46. The van der Waals surface area contributed by atoms with E-state index in [0.29, 0.717) is 23.5 Å². The lowest BCUT2D eigenvalue weighted by molar-refractivity contribution is -0.142. The van der Waals surface area contributed by atoms with Gasteiger partial charge in [-0.05, 0) is 73.5 Å². The van der Waals surface area contributed by atoms with Crippen LogP contribution in [-0.2, 0) is 9.53 Å². The van der Waals surface area contributed by atoms with Crippen LogP contribution in [0.5, 0.6) is 11.5 Å². The lowest BCUT2D eigenvalue weighted by Gasteiger charge is -2.13. The Bertz CT molecular complexity index is 1480. The van der Waals surface area contributed by atoms with E-state index in [-0.39, 0.29) is 23.3 Å². The topological polar surface area (TPSA) is 91.1 Å². The Morgan fingerprint density at radius 3 is 2.44 bits per heavy atom. The number of nitrogens with zero attached hydrogens (tertiary/aromatic N) is 2. The van der Waals surface area contributed by atoms with Crippen LogP contribution in [0.3, 0.4) is 0 Å². The van der Waals surface area contributed by atoms with Crippen LogP contribution in [0.4, 0.5) is 0 Å². The number of methoxy groups -OCH3 is 1. The number of rotatable bonds is 10. The second kappa shape index (κ2) is 12.8. The number of aromatic nitrogens is 1. The number of hydrazone groups is 1. The van der Waals surface area contributed by atoms with E-state index in [1.807, 2.05) is 44.2 Å².